The molecule has 0 atom stereocenters. The molecule has 1 aliphatic rings. The van der Waals surface area contributed by atoms with Crippen molar-refractivity contribution in [1.29, 1.82) is 0 Å². The number of hydrogen-bond acceptors (Lipinski definition) is 8. The van der Waals surface area contributed by atoms with Crippen molar-refractivity contribution in [3.8, 4) is 11.4 Å². The fourth-order valence-corrected chi connectivity index (χ4v) is 5.29. The molecule has 0 saturated carbocycles. The normalized spacial score (nSPS) is 15.3. The molecule has 170 valence electrons. The highest BCUT2D eigenvalue weighted by Crippen LogP contribution is 2.24. The molecule has 1 aromatic carbocycles. The van der Waals surface area contributed by atoms with Crippen LogP contribution >= 0.6 is 0 Å². The van der Waals surface area contributed by atoms with Crippen LogP contribution in [0.3, 0.4) is 0 Å². The number of sulfonamides is 1. The smallest absolute Gasteiger partial charge is 0.248 e. The molecule has 0 unspecified atom stereocenters. The number of hydrogen-bond donors (Lipinski definition) is 0. The Labute approximate surface area is 183 Å². The van der Waals surface area contributed by atoms with Gasteiger partial charge in [-0.3, -0.25) is 4.79 Å². The fraction of sp³-hybridized carbons (Fsp3) is 0.421. The first-order chi connectivity index (χ1) is 15.2. The Morgan fingerprint density at radius 2 is 1.88 bits per heavy atom. The number of nitrogens with zero attached hydrogens (tertiary/aromatic N) is 7. The van der Waals surface area contributed by atoms with Crippen molar-refractivity contribution >= 4 is 15.9 Å². The van der Waals surface area contributed by atoms with Crippen LogP contribution in [0.2, 0.25) is 0 Å². The van der Waals surface area contributed by atoms with Crippen molar-refractivity contribution in [2.75, 3.05) is 26.2 Å². The summed E-state index contributed by atoms with van der Waals surface area (Å²) in [4.78, 5) is 15.5. The van der Waals surface area contributed by atoms with E-state index in [1.165, 1.54) is 15.2 Å². The van der Waals surface area contributed by atoms with Gasteiger partial charge in [-0.05, 0) is 49.7 Å². The quantitative estimate of drug-likeness (QED) is 0.547. The first-order valence-electron chi connectivity index (χ1n) is 9.92. The van der Waals surface area contributed by atoms with Gasteiger partial charge in [0.2, 0.25) is 21.8 Å². The number of piperazine rings is 1. The third-order valence-electron chi connectivity index (χ3n) is 5.30. The molecular formula is C19H22FN7O4S. The summed E-state index contributed by atoms with van der Waals surface area (Å²) in [6.07, 6.45) is 0. The van der Waals surface area contributed by atoms with Crippen LogP contribution in [0.4, 0.5) is 4.39 Å². The van der Waals surface area contributed by atoms with Gasteiger partial charge in [0.05, 0.1) is 0 Å². The average Bonchev–Trinajstić information content (AvgIpc) is 3.36. The number of aryl methyl sites for hydroxylation is 3. The van der Waals surface area contributed by atoms with Gasteiger partial charge in [0.1, 0.15) is 23.0 Å². The second-order valence-corrected chi connectivity index (χ2v) is 9.42. The number of amides is 1. The van der Waals surface area contributed by atoms with Gasteiger partial charge >= 0.3 is 0 Å². The summed E-state index contributed by atoms with van der Waals surface area (Å²) in [5.74, 6) is -0.0489. The third kappa shape index (κ3) is 4.12. The van der Waals surface area contributed by atoms with Crippen LogP contribution in [0.15, 0.2) is 27.6 Å². The van der Waals surface area contributed by atoms with Crippen LogP contribution in [-0.2, 0) is 21.4 Å². The second kappa shape index (κ2) is 8.39. The predicted octanol–water partition coefficient (Wildman–Crippen LogP) is 0.926. The van der Waals surface area contributed by atoms with E-state index >= 15 is 0 Å². The number of aromatic nitrogens is 5. The van der Waals surface area contributed by atoms with Crippen LogP contribution < -0.4 is 0 Å². The lowest BCUT2D eigenvalue weighted by atomic mass is 10.1. The van der Waals surface area contributed by atoms with E-state index < -0.39 is 10.0 Å². The summed E-state index contributed by atoms with van der Waals surface area (Å²) in [6, 6.07) is 4.48. The highest BCUT2D eigenvalue weighted by molar-refractivity contribution is 7.89. The van der Waals surface area contributed by atoms with Crippen LogP contribution in [0.1, 0.15) is 17.0 Å². The van der Waals surface area contributed by atoms with E-state index in [0.29, 0.717) is 16.8 Å². The Morgan fingerprint density at radius 1 is 1.16 bits per heavy atom. The van der Waals surface area contributed by atoms with E-state index in [4.69, 9.17) is 4.52 Å². The zero-order chi connectivity index (χ0) is 23.0. The van der Waals surface area contributed by atoms with Crippen molar-refractivity contribution in [3.05, 3.63) is 41.0 Å². The minimum Gasteiger partial charge on any atom is -0.360 e. The van der Waals surface area contributed by atoms with Crippen molar-refractivity contribution in [2.24, 2.45) is 0 Å². The monoisotopic (exact) mass is 463 g/mol. The minimum absolute atomic E-state index is 0.0765. The van der Waals surface area contributed by atoms with Gasteiger partial charge in [-0.2, -0.15) is 9.10 Å². The van der Waals surface area contributed by atoms with Gasteiger partial charge in [0, 0.05) is 31.7 Å². The molecule has 11 nitrogen and oxygen atoms in total. The topological polar surface area (TPSA) is 127 Å². The SMILES string of the molecule is Cc1cc(-c2nnn(CC(=O)N3CCN(S(=O)(=O)c4c(C)noc4C)CC3)n2)ccc1F. The van der Waals surface area contributed by atoms with Crippen LogP contribution in [0.25, 0.3) is 11.4 Å². The molecule has 0 radical (unpaired) electrons. The maximum atomic E-state index is 13.5. The standard InChI is InChI=1S/C19H22FN7O4S/c1-12-10-15(4-5-16(12)20)19-21-24-27(22-19)11-17(28)25-6-8-26(9-7-25)32(29,30)18-13(2)23-31-14(18)3/h4-5,10H,6-9,11H2,1-3H3. The Bertz CT molecular complexity index is 1240. The van der Waals surface area contributed by atoms with Gasteiger partial charge in [0.15, 0.2) is 5.76 Å². The summed E-state index contributed by atoms with van der Waals surface area (Å²) in [5, 5.41) is 15.7. The lowest BCUT2D eigenvalue weighted by Crippen LogP contribution is -2.51. The van der Waals surface area contributed by atoms with Crippen molar-refractivity contribution in [2.45, 2.75) is 32.2 Å². The van der Waals surface area contributed by atoms with Crippen LogP contribution in [0.5, 0.6) is 0 Å². The van der Waals surface area contributed by atoms with Crippen molar-refractivity contribution in [3.63, 3.8) is 0 Å². The molecule has 0 spiro atoms. The fourth-order valence-electron chi connectivity index (χ4n) is 3.58. The molecule has 2 aromatic heterocycles. The van der Waals surface area contributed by atoms with Gasteiger partial charge in [-0.15, -0.1) is 10.2 Å². The molecule has 3 heterocycles. The molecule has 1 aliphatic heterocycles. The van der Waals surface area contributed by atoms with E-state index in [1.54, 1.807) is 37.8 Å². The van der Waals surface area contributed by atoms with Gasteiger partial charge in [-0.25, -0.2) is 12.8 Å². The summed E-state index contributed by atoms with van der Waals surface area (Å²) < 4.78 is 45.6. The van der Waals surface area contributed by atoms with Gasteiger partial charge in [0.25, 0.3) is 0 Å². The molecule has 0 bridgehead atoms. The maximum Gasteiger partial charge on any atom is 0.248 e. The summed E-state index contributed by atoms with van der Waals surface area (Å²) in [7, 11) is -3.75. The van der Waals surface area contributed by atoms with Crippen molar-refractivity contribution in [1.82, 2.24) is 34.6 Å². The zero-order valence-electron chi connectivity index (χ0n) is 17.8. The predicted molar refractivity (Wildman–Crippen MR) is 109 cm³/mol. The minimum atomic E-state index is -3.75. The van der Waals surface area contributed by atoms with Crippen LogP contribution in [-0.4, -0.2) is 75.1 Å². The lowest BCUT2D eigenvalue weighted by molar-refractivity contribution is -0.133. The molecule has 3 aromatic rings. The molecule has 1 saturated heterocycles. The van der Waals surface area contributed by atoms with E-state index in [-0.39, 0.29) is 60.9 Å². The Balaban J connectivity index is 1.38. The van der Waals surface area contributed by atoms with Gasteiger partial charge < -0.3 is 9.42 Å². The summed E-state index contributed by atoms with van der Waals surface area (Å²) in [5.41, 5.74) is 1.37. The number of halogens is 1. The summed E-state index contributed by atoms with van der Waals surface area (Å²) in [6.45, 7) is 5.42. The molecular weight excluding hydrogens is 441 g/mol. The molecule has 1 fully saturated rings. The second-order valence-electron chi connectivity index (χ2n) is 7.55. The highest BCUT2D eigenvalue weighted by Gasteiger charge is 2.34. The van der Waals surface area contributed by atoms with Crippen LogP contribution in [0, 0.1) is 26.6 Å². The summed E-state index contributed by atoms with van der Waals surface area (Å²) >= 11 is 0. The lowest BCUT2D eigenvalue weighted by Gasteiger charge is -2.33. The number of benzene rings is 1. The first-order valence-corrected chi connectivity index (χ1v) is 11.4. The molecule has 32 heavy (non-hydrogen) atoms. The number of tetrazole rings is 1. The van der Waals surface area contributed by atoms with E-state index in [9.17, 15) is 17.6 Å². The maximum absolute atomic E-state index is 13.5. The Kier molecular flexibility index (Phi) is 5.77. The number of carbonyl (C=O) groups is 1. The number of carbonyl (C=O) groups excluding carboxylic acids is 1. The zero-order valence-corrected chi connectivity index (χ0v) is 18.6. The molecule has 0 N–H and O–H groups in total. The van der Waals surface area contributed by atoms with E-state index in [2.05, 4.69) is 20.6 Å². The Hall–Kier alpha value is -3.19. The average molecular weight is 463 g/mol. The van der Waals surface area contributed by atoms with Crippen molar-refractivity contribution < 1.29 is 22.1 Å². The number of rotatable bonds is 5. The third-order valence-corrected chi connectivity index (χ3v) is 7.45. The van der Waals surface area contributed by atoms with E-state index in [0.717, 1.165) is 0 Å². The molecule has 13 heteroatoms. The first kappa shape index (κ1) is 22.0. The Morgan fingerprint density at radius 3 is 2.50 bits per heavy atom. The van der Waals surface area contributed by atoms with Gasteiger partial charge in [-0.1, -0.05) is 5.16 Å². The highest BCUT2D eigenvalue weighted by atomic mass is 32.2. The molecule has 4 rings (SSSR count). The molecule has 1 amide bonds. The largest absolute Gasteiger partial charge is 0.360 e. The molecule has 0 aliphatic carbocycles. The van der Waals surface area contributed by atoms with E-state index in [1.807, 2.05) is 0 Å².